The smallest absolute Gasteiger partial charge is 0.0271 e. The van der Waals surface area contributed by atoms with Crippen LogP contribution in [-0.4, -0.2) is 6.16 Å². The summed E-state index contributed by atoms with van der Waals surface area (Å²) in [6.07, 6.45) is 13.7. The molecule has 1 aromatic rings. The molecule has 0 aliphatic rings. The van der Waals surface area contributed by atoms with Crippen LogP contribution < -0.4 is 5.30 Å². The van der Waals surface area contributed by atoms with Gasteiger partial charge >= 0.3 is 0 Å². The number of benzene rings is 1. The molecule has 1 atom stereocenters. The van der Waals surface area contributed by atoms with Crippen LogP contribution in [0.15, 0.2) is 24.3 Å². The molecule has 0 nitrogen and oxygen atoms in total. The maximum atomic E-state index is 2.35. The van der Waals surface area contributed by atoms with Crippen molar-refractivity contribution in [1.82, 2.24) is 0 Å². The highest BCUT2D eigenvalue weighted by Crippen LogP contribution is 2.15. The molecular formula is C18H31P. The van der Waals surface area contributed by atoms with E-state index in [-0.39, 0.29) is 0 Å². The molecule has 0 aromatic heterocycles. The van der Waals surface area contributed by atoms with E-state index in [9.17, 15) is 0 Å². The molecule has 1 aromatic carbocycles. The van der Waals surface area contributed by atoms with Crippen molar-refractivity contribution in [1.29, 1.82) is 0 Å². The van der Waals surface area contributed by atoms with Crippen molar-refractivity contribution in [3.8, 4) is 0 Å². The van der Waals surface area contributed by atoms with Crippen molar-refractivity contribution in [2.24, 2.45) is 0 Å². The van der Waals surface area contributed by atoms with Crippen LogP contribution in [-0.2, 0) is 6.42 Å². The van der Waals surface area contributed by atoms with Crippen molar-refractivity contribution in [2.75, 3.05) is 6.16 Å². The Morgan fingerprint density at radius 3 is 2.05 bits per heavy atom. The van der Waals surface area contributed by atoms with Gasteiger partial charge in [0.25, 0.3) is 0 Å². The summed E-state index contributed by atoms with van der Waals surface area (Å²) >= 11 is 0. The van der Waals surface area contributed by atoms with E-state index in [4.69, 9.17) is 0 Å². The number of hydrogen-bond donors (Lipinski definition) is 0. The second kappa shape index (κ2) is 11.5. The fourth-order valence-corrected chi connectivity index (χ4v) is 3.43. The van der Waals surface area contributed by atoms with Gasteiger partial charge in [-0.2, -0.15) is 0 Å². The van der Waals surface area contributed by atoms with Gasteiger partial charge in [-0.15, -0.1) is 0 Å². The third-order valence-corrected chi connectivity index (χ3v) is 4.98. The lowest BCUT2D eigenvalue weighted by Gasteiger charge is -2.04. The summed E-state index contributed by atoms with van der Waals surface area (Å²) in [6.45, 7) is 4.54. The molecule has 0 heterocycles. The van der Waals surface area contributed by atoms with Crippen LogP contribution in [0.3, 0.4) is 0 Å². The van der Waals surface area contributed by atoms with Crippen LogP contribution in [0, 0.1) is 0 Å². The maximum absolute atomic E-state index is 2.35. The molecule has 0 radical (unpaired) electrons. The molecule has 0 fully saturated rings. The van der Waals surface area contributed by atoms with E-state index in [0.717, 1.165) is 8.58 Å². The highest BCUT2D eigenvalue weighted by molar-refractivity contribution is 7.47. The first-order valence-electron chi connectivity index (χ1n) is 8.19. The van der Waals surface area contributed by atoms with Crippen LogP contribution in [0.4, 0.5) is 0 Å². The Morgan fingerprint density at radius 2 is 1.37 bits per heavy atom. The molecule has 0 bridgehead atoms. The van der Waals surface area contributed by atoms with Gasteiger partial charge in [0.05, 0.1) is 0 Å². The Hall–Kier alpha value is -0.350. The van der Waals surface area contributed by atoms with Crippen LogP contribution in [0.25, 0.3) is 0 Å². The van der Waals surface area contributed by atoms with Crippen molar-refractivity contribution < 1.29 is 0 Å². The van der Waals surface area contributed by atoms with E-state index in [1.165, 1.54) is 69.5 Å². The van der Waals surface area contributed by atoms with Gasteiger partial charge in [0.15, 0.2) is 0 Å². The summed E-state index contributed by atoms with van der Waals surface area (Å²) in [5, 5.41) is 1.55. The van der Waals surface area contributed by atoms with Gasteiger partial charge in [-0.25, -0.2) is 0 Å². The molecule has 0 N–H and O–H groups in total. The molecule has 0 spiro atoms. The molecule has 0 saturated heterocycles. The zero-order valence-electron chi connectivity index (χ0n) is 12.9. The Kier molecular flexibility index (Phi) is 10.1. The average Bonchev–Trinajstić information content (AvgIpc) is 2.45. The lowest BCUT2D eigenvalue weighted by molar-refractivity contribution is 0.626. The van der Waals surface area contributed by atoms with Crippen molar-refractivity contribution in [3.05, 3.63) is 29.8 Å². The Labute approximate surface area is 122 Å². The number of unbranched alkanes of at least 4 members (excludes halogenated alkanes) is 6. The molecule has 0 amide bonds. The van der Waals surface area contributed by atoms with E-state index in [1.807, 2.05) is 0 Å². The summed E-state index contributed by atoms with van der Waals surface area (Å²) in [4.78, 5) is 0. The van der Waals surface area contributed by atoms with Crippen LogP contribution in [0.2, 0.25) is 0 Å². The van der Waals surface area contributed by atoms with Gasteiger partial charge in [-0.05, 0) is 36.3 Å². The molecule has 0 aliphatic carbocycles. The fourth-order valence-electron chi connectivity index (χ4n) is 2.31. The van der Waals surface area contributed by atoms with E-state index >= 15 is 0 Å². The normalized spacial score (nSPS) is 11.5. The summed E-state index contributed by atoms with van der Waals surface area (Å²) in [6, 6.07) is 9.36. The number of rotatable bonds is 11. The number of aryl methyl sites for hydroxylation is 1. The quantitative estimate of drug-likeness (QED) is 0.360. The van der Waals surface area contributed by atoms with Gasteiger partial charge in [0, 0.05) is 0 Å². The Morgan fingerprint density at radius 1 is 0.737 bits per heavy atom. The molecular weight excluding hydrogens is 247 g/mol. The molecule has 1 heteroatoms. The first-order valence-corrected chi connectivity index (χ1v) is 9.40. The molecule has 0 aliphatic heterocycles. The van der Waals surface area contributed by atoms with Crippen LogP contribution in [0.1, 0.15) is 70.8 Å². The molecule has 19 heavy (non-hydrogen) atoms. The van der Waals surface area contributed by atoms with Crippen LogP contribution >= 0.6 is 8.58 Å². The Balaban J connectivity index is 2.09. The third-order valence-electron chi connectivity index (χ3n) is 3.63. The van der Waals surface area contributed by atoms with E-state index in [0.29, 0.717) is 0 Å². The SMILES string of the molecule is CCCCCCCCPc1ccc(CCCC)cc1. The third kappa shape index (κ3) is 8.43. The van der Waals surface area contributed by atoms with Gasteiger partial charge < -0.3 is 0 Å². The summed E-state index contributed by atoms with van der Waals surface area (Å²) in [5.74, 6) is 0. The molecule has 1 unspecified atom stereocenters. The zero-order valence-corrected chi connectivity index (χ0v) is 13.9. The first-order chi connectivity index (χ1) is 9.36. The van der Waals surface area contributed by atoms with Gasteiger partial charge in [0.2, 0.25) is 0 Å². The van der Waals surface area contributed by atoms with E-state index in [1.54, 1.807) is 5.30 Å². The van der Waals surface area contributed by atoms with Crippen LogP contribution in [0.5, 0.6) is 0 Å². The minimum Gasteiger partial charge on any atom is -0.0904 e. The monoisotopic (exact) mass is 278 g/mol. The first kappa shape index (κ1) is 16.7. The van der Waals surface area contributed by atoms with Gasteiger partial charge in [-0.3, -0.25) is 0 Å². The van der Waals surface area contributed by atoms with E-state index < -0.39 is 0 Å². The second-order valence-electron chi connectivity index (χ2n) is 5.50. The summed E-state index contributed by atoms with van der Waals surface area (Å²) in [5.41, 5.74) is 1.51. The zero-order chi connectivity index (χ0) is 13.8. The summed E-state index contributed by atoms with van der Waals surface area (Å²) < 4.78 is 0. The summed E-state index contributed by atoms with van der Waals surface area (Å²) in [7, 11) is 1.02. The highest BCUT2D eigenvalue weighted by Gasteiger charge is 1.96. The topological polar surface area (TPSA) is 0 Å². The highest BCUT2D eigenvalue weighted by atomic mass is 31.1. The Bertz CT molecular complexity index is 302. The average molecular weight is 278 g/mol. The minimum absolute atomic E-state index is 1.02. The minimum atomic E-state index is 1.02. The molecule has 0 saturated carbocycles. The second-order valence-corrected chi connectivity index (χ2v) is 6.93. The lowest BCUT2D eigenvalue weighted by atomic mass is 10.1. The predicted octanol–water partition coefficient (Wildman–Crippen LogP) is 5.69. The van der Waals surface area contributed by atoms with Gasteiger partial charge in [0.1, 0.15) is 0 Å². The van der Waals surface area contributed by atoms with Gasteiger partial charge in [-0.1, -0.05) is 85.2 Å². The molecule has 1 rings (SSSR count). The predicted molar refractivity (Wildman–Crippen MR) is 91.2 cm³/mol. The lowest BCUT2D eigenvalue weighted by Crippen LogP contribution is -1.96. The maximum Gasteiger partial charge on any atom is -0.0271 e. The van der Waals surface area contributed by atoms with Crippen molar-refractivity contribution in [2.45, 2.75) is 71.6 Å². The standard InChI is InChI=1S/C18H31P/c1-3-5-7-8-9-10-16-19-18-14-12-17(13-15-18)11-6-4-2/h12-15,19H,3-11,16H2,1-2H3. The van der Waals surface area contributed by atoms with E-state index in [2.05, 4.69) is 38.1 Å². The number of hydrogen-bond acceptors (Lipinski definition) is 0. The fraction of sp³-hybridized carbons (Fsp3) is 0.667. The van der Waals surface area contributed by atoms with Crippen molar-refractivity contribution in [3.63, 3.8) is 0 Å². The largest absolute Gasteiger partial charge is 0.0904 e. The van der Waals surface area contributed by atoms with Crippen molar-refractivity contribution >= 4 is 13.9 Å². The molecule has 108 valence electrons.